The summed E-state index contributed by atoms with van der Waals surface area (Å²) in [6.07, 6.45) is 7.34. The second kappa shape index (κ2) is 10.5. The molecule has 3 heterocycles. The molecule has 5 rings (SSSR count). The van der Waals surface area contributed by atoms with E-state index in [2.05, 4.69) is 16.8 Å². The van der Waals surface area contributed by atoms with Crippen LogP contribution < -0.4 is 0 Å². The highest BCUT2D eigenvalue weighted by atomic mass is 16.6. The van der Waals surface area contributed by atoms with E-state index in [1.807, 2.05) is 44.0 Å². The molecule has 2 unspecified atom stereocenters. The fourth-order valence-corrected chi connectivity index (χ4v) is 5.43. The molecule has 0 aliphatic carbocycles. The topological polar surface area (TPSA) is 80.0 Å². The maximum atomic E-state index is 10.5. The number of aliphatic hydroxyl groups is 1. The molecule has 0 saturated carbocycles. The molecule has 0 radical (unpaired) electrons. The Morgan fingerprint density at radius 1 is 1.06 bits per heavy atom. The van der Waals surface area contributed by atoms with Crippen molar-refractivity contribution in [1.29, 1.82) is 0 Å². The number of benzene rings is 2. The van der Waals surface area contributed by atoms with E-state index in [-0.39, 0.29) is 17.6 Å². The van der Waals surface area contributed by atoms with Crippen LogP contribution in [0.1, 0.15) is 64.7 Å². The van der Waals surface area contributed by atoms with E-state index in [0.717, 1.165) is 74.9 Å². The van der Waals surface area contributed by atoms with Gasteiger partial charge in [0.05, 0.1) is 17.3 Å². The smallest absolute Gasteiger partial charge is 0.216 e. The number of ether oxygens (including phenoxy) is 2. The molecule has 7 heteroatoms. The second-order valence-electron chi connectivity index (χ2n) is 11.3. The van der Waals surface area contributed by atoms with Gasteiger partial charge in [-0.15, -0.1) is 0 Å². The summed E-state index contributed by atoms with van der Waals surface area (Å²) in [6, 6.07) is 11.9. The molecule has 0 spiro atoms. The number of fused-ring (bicyclic) bond motifs is 1. The van der Waals surface area contributed by atoms with Gasteiger partial charge in [0.1, 0.15) is 5.75 Å². The molecule has 2 atom stereocenters. The monoisotopic (exact) mass is 493 g/mol. The van der Waals surface area contributed by atoms with Crippen LogP contribution in [-0.2, 0) is 15.9 Å². The molecule has 2 fully saturated rings. The predicted octanol–water partition coefficient (Wildman–Crippen LogP) is 5.45. The Morgan fingerprint density at radius 3 is 2.47 bits per heavy atom. The highest BCUT2D eigenvalue weighted by molar-refractivity contribution is 5.88. The number of rotatable bonds is 6. The van der Waals surface area contributed by atoms with Gasteiger partial charge in [-0.3, -0.25) is 4.90 Å². The van der Waals surface area contributed by atoms with Gasteiger partial charge in [-0.05, 0) is 100 Å². The summed E-state index contributed by atoms with van der Waals surface area (Å²) >= 11 is 0. The highest BCUT2D eigenvalue weighted by Gasteiger charge is 2.28. The number of hydrogen-bond donors (Lipinski definition) is 2. The van der Waals surface area contributed by atoms with Crippen molar-refractivity contribution in [3.05, 3.63) is 48.2 Å². The number of likely N-dealkylation sites (tertiary alicyclic amines) is 1. The van der Waals surface area contributed by atoms with Crippen molar-refractivity contribution < 1.29 is 19.7 Å². The Hall–Kier alpha value is -2.45. The number of aromatic hydroxyl groups is 1. The highest BCUT2D eigenvalue weighted by Crippen LogP contribution is 2.35. The van der Waals surface area contributed by atoms with E-state index in [0.29, 0.717) is 5.92 Å². The minimum absolute atomic E-state index is 0.0216. The largest absolute Gasteiger partial charge is 0.508 e. The zero-order valence-corrected chi connectivity index (χ0v) is 21.7. The number of piperidine rings is 1. The minimum Gasteiger partial charge on any atom is -0.508 e. The molecule has 194 valence electrons. The van der Waals surface area contributed by atoms with Crippen molar-refractivity contribution in [2.75, 3.05) is 19.7 Å². The van der Waals surface area contributed by atoms with Crippen LogP contribution in [0.5, 0.6) is 5.75 Å². The van der Waals surface area contributed by atoms with Crippen molar-refractivity contribution in [3.63, 3.8) is 0 Å². The number of aromatic nitrogens is 2. The van der Waals surface area contributed by atoms with E-state index < -0.39 is 6.41 Å². The fourth-order valence-electron chi connectivity index (χ4n) is 5.43. The second-order valence-corrected chi connectivity index (χ2v) is 11.3. The summed E-state index contributed by atoms with van der Waals surface area (Å²) in [5.74, 6) is 0.792. The van der Waals surface area contributed by atoms with Gasteiger partial charge in [0.25, 0.3) is 0 Å². The summed E-state index contributed by atoms with van der Waals surface area (Å²) in [6.45, 7) is 8.31. The van der Waals surface area contributed by atoms with Crippen LogP contribution in [-0.4, -0.2) is 56.6 Å². The number of aliphatic hydroxyl groups excluding tert-OH is 1. The normalized spacial score (nSPS) is 21.2. The standard InChI is InChI=1S/C29H39N3O4/c1-29(2,3)36-28(34)31-13-11-20(12-14-31)16-23-17-22(21-7-9-24(33)10-8-21)18-26-25(23)19-30-32(26)27-6-4-5-15-35-27/h7-10,17-20,27-28,33-34H,4-6,11-16H2,1-3H3. The van der Waals surface area contributed by atoms with Gasteiger partial charge in [-0.25, -0.2) is 4.68 Å². The first-order chi connectivity index (χ1) is 17.3. The lowest BCUT2D eigenvalue weighted by atomic mass is 9.88. The van der Waals surface area contributed by atoms with Crippen molar-refractivity contribution in [2.24, 2.45) is 5.92 Å². The van der Waals surface area contributed by atoms with Crippen LogP contribution in [0.15, 0.2) is 42.6 Å². The third-order valence-corrected chi connectivity index (χ3v) is 7.36. The molecule has 2 N–H and O–H groups in total. The average molecular weight is 494 g/mol. The van der Waals surface area contributed by atoms with Gasteiger partial charge in [-0.2, -0.15) is 5.10 Å². The molecule has 0 amide bonds. The molecule has 2 aromatic carbocycles. The maximum absolute atomic E-state index is 10.5. The van der Waals surface area contributed by atoms with Crippen molar-refractivity contribution in [3.8, 4) is 16.9 Å². The van der Waals surface area contributed by atoms with Crippen LogP contribution in [0.4, 0.5) is 0 Å². The van der Waals surface area contributed by atoms with Crippen LogP contribution in [0.2, 0.25) is 0 Å². The minimum atomic E-state index is -0.857. The molecule has 7 nitrogen and oxygen atoms in total. The summed E-state index contributed by atoms with van der Waals surface area (Å²) in [4.78, 5) is 2.03. The SMILES string of the molecule is CC(C)(C)OC(O)N1CCC(Cc2cc(-c3ccc(O)cc3)cc3c2cnn3C2CCCCO2)CC1. The summed E-state index contributed by atoms with van der Waals surface area (Å²) < 4.78 is 13.9. The van der Waals surface area contributed by atoms with E-state index in [1.54, 1.807) is 12.1 Å². The lowest BCUT2D eigenvalue weighted by Crippen LogP contribution is -2.46. The number of phenolic OH excluding ortho intramolecular Hbond substituents is 1. The first-order valence-corrected chi connectivity index (χ1v) is 13.3. The molecule has 2 aliphatic rings. The van der Waals surface area contributed by atoms with Gasteiger partial charge < -0.3 is 19.7 Å². The average Bonchev–Trinajstić information content (AvgIpc) is 3.29. The lowest BCUT2D eigenvalue weighted by molar-refractivity contribution is -0.243. The third-order valence-electron chi connectivity index (χ3n) is 7.36. The van der Waals surface area contributed by atoms with Crippen molar-refractivity contribution in [1.82, 2.24) is 14.7 Å². The van der Waals surface area contributed by atoms with E-state index in [9.17, 15) is 10.2 Å². The molecule has 1 aromatic heterocycles. The summed E-state index contributed by atoms with van der Waals surface area (Å²) in [5.41, 5.74) is 4.22. The van der Waals surface area contributed by atoms with Gasteiger partial charge in [0.2, 0.25) is 6.41 Å². The van der Waals surface area contributed by atoms with E-state index in [1.165, 1.54) is 10.9 Å². The van der Waals surface area contributed by atoms with Crippen LogP contribution >= 0.6 is 0 Å². The van der Waals surface area contributed by atoms with Gasteiger partial charge >= 0.3 is 0 Å². The Balaban J connectivity index is 1.40. The fraction of sp³-hybridized carbons (Fsp3) is 0.552. The van der Waals surface area contributed by atoms with Gasteiger partial charge in [0.15, 0.2) is 6.23 Å². The molecule has 2 saturated heterocycles. The molecule has 2 aliphatic heterocycles. The van der Waals surface area contributed by atoms with E-state index in [4.69, 9.17) is 14.6 Å². The summed E-state index contributed by atoms with van der Waals surface area (Å²) in [5, 5.41) is 26.3. The number of phenols is 1. The van der Waals surface area contributed by atoms with Crippen LogP contribution in [0, 0.1) is 5.92 Å². The van der Waals surface area contributed by atoms with E-state index >= 15 is 0 Å². The third kappa shape index (κ3) is 5.75. The zero-order valence-electron chi connectivity index (χ0n) is 21.7. The van der Waals surface area contributed by atoms with Crippen LogP contribution in [0.3, 0.4) is 0 Å². The molecule has 0 bridgehead atoms. The number of nitrogens with zero attached hydrogens (tertiary/aromatic N) is 3. The van der Waals surface area contributed by atoms with Gasteiger partial charge in [-0.1, -0.05) is 18.2 Å². The Morgan fingerprint density at radius 2 is 1.81 bits per heavy atom. The Labute approximate surface area is 213 Å². The van der Waals surface area contributed by atoms with Gasteiger partial charge in [0, 0.05) is 25.1 Å². The first kappa shape index (κ1) is 25.2. The maximum Gasteiger partial charge on any atom is 0.216 e. The van der Waals surface area contributed by atoms with Crippen molar-refractivity contribution in [2.45, 2.75) is 77.5 Å². The predicted molar refractivity (Wildman–Crippen MR) is 141 cm³/mol. The first-order valence-electron chi connectivity index (χ1n) is 13.3. The molecule has 3 aromatic rings. The van der Waals surface area contributed by atoms with Crippen molar-refractivity contribution >= 4 is 10.9 Å². The lowest BCUT2D eigenvalue weighted by Gasteiger charge is -2.37. The number of hydrogen-bond acceptors (Lipinski definition) is 6. The zero-order chi connectivity index (χ0) is 25.3. The summed E-state index contributed by atoms with van der Waals surface area (Å²) in [7, 11) is 0. The Kier molecular flexibility index (Phi) is 7.35. The Bertz CT molecular complexity index is 1150. The quantitative estimate of drug-likeness (QED) is 0.444. The molecular weight excluding hydrogens is 454 g/mol. The molecule has 36 heavy (non-hydrogen) atoms. The van der Waals surface area contributed by atoms with Crippen LogP contribution in [0.25, 0.3) is 22.0 Å². The molecular formula is C29H39N3O4.